The molecule has 0 radical (unpaired) electrons. The van der Waals surface area contributed by atoms with Crippen LogP contribution in [0.15, 0.2) is 43.0 Å². The number of carbonyl (C=O) groups is 1. The first-order valence-corrected chi connectivity index (χ1v) is 6.14. The summed E-state index contributed by atoms with van der Waals surface area (Å²) in [6.07, 6.45) is 1.33. The summed E-state index contributed by atoms with van der Waals surface area (Å²) in [6.45, 7) is 6.88. The van der Waals surface area contributed by atoms with Gasteiger partial charge in [-0.25, -0.2) is 4.79 Å². The number of carbonyl (C=O) groups excluding carboxylic acids is 1. The number of rotatable bonds is 3. The standard InChI is InChI=1S/C14H18N2O2/c1-2-12-18-14(17)16-10-8-15(9-11-16)13-6-4-3-5-7-13/h2-7H,1,8-12H2. The molecule has 0 saturated carbocycles. The maximum absolute atomic E-state index is 11.6. The molecule has 1 heterocycles. The van der Waals surface area contributed by atoms with Crippen molar-refractivity contribution in [3.05, 3.63) is 43.0 Å². The van der Waals surface area contributed by atoms with Crippen molar-refractivity contribution >= 4 is 11.8 Å². The number of ether oxygens (including phenoxy) is 1. The van der Waals surface area contributed by atoms with Gasteiger partial charge in [0.1, 0.15) is 6.61 Å². The summed E-state index contributed by atoms with van der Waals surface area (Å²) in [5.74, 6) is 0. The van der Waals surface area contributed by atoms with Crippen LogP contribution in [-0.2, 0) is 4.74 Å². The van der Waals surface area contributed by atoms with Crippen molar-refractivity contribution in [1.82, 2.24) is 4.90 Å². The highest BCUT2D eigenvalue weighted by atomic mass is 16.6. The van der Waals surface area contributed by atoms with E-state index in [1.54, 1.807) is 11.0 Å². The largest absolute Gasteiger partial charge is 0.445 e. The lowest BCUT2D eigenvalue weighted by Crippen LogP contribution is -2.49. The molecular formula is C14H18N2O2. The molecule has 4 nitrogen and oxygen atoms in total. The van der Waals surface area contributed by atoms with E-state index < -0.39 is 0 Å². The van der Waals surface area contributed by atoms with Crippen molar-refractivity contribution in [2.75, 3.05) is 37.7 Å². The van der Waals surface area contributed by atoms with Gasteiger partial charge in [0.25, 0.3) is 0 Å². The molecule has 0 aromatic heterocycles. The van der Waals surface area contributed by atoms with Gasteiger partial charge >= 0.3 is 6.09 Å². The minimum Gasteiger partial charge on any atom is -0.445 e. The maximum atomic E-state index is 11.6. The first-order chi connectivity index (χ1) is 8.81. The SMILES string of the molecule is C=CCOC(=O)N1CCN(c2ccccc2)CC1. The van der Waals surface area contributed by atoms with Crippen LogP contribution in [-0.4, -0.2) is 43.8 Å². The molecule has 1 aromatic rings. The second-order valence-corrected chi connectivity index (χ2v) is 4.18. The summed E-state index contributed by atoms with van der Waals surface area (Å²) in [5, 5.41) is 0. The van der Waals surface area contributed by atoms with Crippen molar-refractivity contribution in [3.8, 4) is 0 Å². The number of anilines is 1. The Morgan fingerprint density at radius 1 is 1.22 bits per heavy atom. The Kier molecular flexibility index (Phi) is 4.23. The zero-order chi connectivity index (χ0) is 12.8. The number of benzene rings is 1. The van der Waals surface area contributed by atoms with Gasteiger partial charge in [-0.05, 0) is 12.1 Å². The van der Waals surface area contributed by atoms with E-state index >= 15 is 0 Å². The Bertz CT molecular complexity index is 398. The molecule has 18 heavy (non-hydrogen) atoms. The summed E-state index contributed by atoms with van der Waals surface area (Å²) < 4.78 is 5.02. The third-order valence-corrected chi connectivity index (χ3v) is 2.98. The molecular weight excluding hydrogens is 228 g/mol. The van der Waals surface area contributed by atoms with E-state index in [0.717, 1.165) is 13.1 Å². The van der Waals surface area contributed by atoms with Gasteiger partial charge < -0.3 is 14.5 Å². The minimum absolute atomic E-state index is 0.248. The molecule has 0 N–H and O–H groups in total. The zero-order valence-corrected chi connectivity index (χ0v) is 10.4. The Morgan fingerprint density at radius 2 is 1.89 bits per heavy atom. The van der Waals surface area contributed by atoms with E-state index in [9.17, 15) is 4.79 Å². The monoisotopic (exact) mass is 246 g/mol. The Morgan fingerprint density at radius 3 is 2.50 bits per heavy atom. The summed E-state index contributed by atoms with van der Waals surface area (Å²) in [5.41, 5.74) is 1.21. The smallest absolute Gasteiger partial charge is 0.410 e. The van der Waals surface area contributed by atoms with Crippen molar-refractivity contribution in [1.29, 1.82) is 0 Å². The van der Waals surface area contributed by atoms with E-state index in [4.69, 9.17) is 4.74 Å². The topological polar surface area (TPSA) is 32.8 Å². The summed E-state index contributed by atoms with van der Waals surface area (Å²) >= 11 is 0. The molecule has 0 bridgehead atoms. The van der Waals surface area contributed by atoms with Crippen LogP contribution in [0, 0.1) is 0 Å². The molecule has 2 rings (SSSR count). The fraction of sp³-hybridized carbons (Fsp3) is 0.357. The Hall–Kier alpha value is -1.97. The van der Waals surface area contributed by atoms with E-state index in [2.05, 4.69) is 23.6 Å². The Labute approximate surface area is 107 Å². The number of nitrogens with zero attached hydrogens (tertiary/aromatic N) is 2. The van der Waals surface area contributed by atoms with Gasteiger partial charge in [-0.15, -0.1) is 0 Å². The average Bonchev–Trinajstić information content (AvgIpc) is 2.46. The number of piperazine rings is 1. The normalized spacial score (nSPS) is 15.3. The summed E-state index contributed by atoms with van der Waals surface area (Å²) in [7, 11) is 0. The lowest BCUT2D eigenvalue weighted by Gasteiger charge is -2.35. The quantitative estimate of drug-likeness (QED) is 0.766. The minimum atomic E-state index is -0.248. The van der Waals surface area contributed by atoms with E-state index in [-0.39, 0.29) is 12.7 Å². The van der Waals surface area contributed by atoms with Crippen LogP contribution in [0.5, 0.6) is 0 Å². The van der Waals surface area contributed by atoms with Crippen LogP contribution in [0.4, 0.5) is 10.5 Å². The molecule has 96 valence electrons. The Balaban J connectivity index is 1.84. The molecule has 0 atom stereocenters. The molecule has 1 aliphatic heterocycles. The van der Waals surface area contributed by atoms with E-state index in [1.165, 1.54) is 5.69 Å². The highest BCUT2D eigenvalue weighted by Crippen LogP contribution is 2.15. The zero-order valence-electron chi connectivity index (χ0n) is 10.4. The van der Waals surface area contributed by atoms with Crippen molar-refractivity contribution in [3.63, 3.8) is 0 Å². The molecule has 1 saturated heterocycles. The lowest BCUT2D eigenvalue weighted by molar-refractivity contribution is 0.110. The van der Waals surface area contributed by atoms with Gasteiger partial charge in [-0.2, -0.15) is 0 Å². The van der Waals surface area contributed by atoms with Crippen molar-refractivity contribution < 1.29 is 9.53 Å². The molecule has 1 aliphatic rings. The predicted molar refractivity (Wildman–Crippen MR) is 71.8 cm³/mol. The molecule has 1 amide bonds. The van der Waals surface area contributed by atoms with Gasteiger partial charge in [0, 0.05) is 31.9 Å². The summed E-state index contributed by atoms with van der Waals surface area (Å²) in [4.78, 5) is 15.7. The molecule has 1 aromatic carbocycles. The highest BCUT2D eigenvalue weighted by Gasteiger charge is 2.21. The lowest BCUT2D eigenvalue weighted by atomic mass is 10.2. The van der Waals surface area contributed by atoms with Gasteiger partial charge in [0.05, 0.1) is 0 Å². The van der Waals surface area contributed by atoms with Crippen LogP contribution in [0.1, 0.15) is 0 Å². The van der Waals surface area contributed by atoms with E-state index in [0.29, 0.717) is 13.1 Å². The number of hydrogen-bond donors (Lipinski definition) is 0. The molecule has 1 fully saturated rings. The van der Waals surface area contributed by atoms with Gasteiger partial charge in [-0.3, -0.25) is 0 Å². The van der Waals surface area contributed by atoms with Gasteiger partial charge in [-0.1, -0.05) is 30.9 Å². The van der Waals surface area contributed by atoms with Crippen molar-refractivity contribution in [2.24, 2.45) is 0 Å². The fourth-order valence-electron chi connectivity index (χ4n) is 2.01. The number of hydrogen-bond acceptors (Lipinski definition) is 3. The number of amides is 1. The fourth-order valence-corrected chi connectivity index (χ4v) is 2.01. The second-order valence-electron chi connectivity index (χ2n) is 4.18. The van der Waals surface area contributed by atoms with Crippen LogP contribution in [0.2, 0.25) is 0 Å². The highest BCUT2D eigenvalue weighted by molar-refractivity contribution is 5.68. The molecule has 0 unspecified atom stereocenters. The maximum Gasteiger partial charge on any atom is 0.410 e. The average molecular weight is 246 g/mol. The first kappa shape index (κ1) is 12.5. The van der Waals surface area contributed by atoms with Gasteiger partial charge in [0.2, 0.25) is 0 Å². The second kappa shape index (κ2) is 6.10. The molecule has 0 spiro atoms. The third-order valence-electron chi connectivity index (χ3n) is 2.98. The summed E-state index contributed by atoms with van der Waals surface area (Å²) in [6, 6.07) is 10.2. The van der Waals surface area contributed by atoms with Crippen LogP contribution < -0.4 is 4.90 Å². The first-order valence-electron chi connectivity index (χ1n) is 6.14. The molecule has 4 heteroatoms. The van der Waals surface area contributed by atoms with Gasteiger partial charge in [0.15, 0.2) is 0 Å². The van der Waals surface area contributed by atoms with Crippen molar-refractivity contribution in [2.45, 2.75) is 0 Å². The number of para-hydroxylation sites is 1. The van der Waals surface area contributed by atoms with Crippen LogP contribution in [0.25, 0.3) is 0 Å². The third kappa shape index (κ3) is 3.03. The van der Waals surface area contributed by atoms with Crippen LogP contribution in [0.3, 0.4) is 0 Å². The molecule has 0 aliphatic carbocycles. The van der Waals surface area contributed by atoms with Crippen LogP contribution >= 0.6 is 0 Å². The predicted octanol–water partition coefficient (Wildman–Crippen LogP) is 2.13. The van der Waals surface area contributed by atoms with E-state index in [1.807, 2.05) is 18.2 Å².